The molecule has 6 nitrogen and oxygen atoms in total. The number of imidazole rings is 1. The zero-order valence-corrected chi connectivity index (χ0v) is 12.5. The third kappa shape index (κ3) is 2.66. The minimum Gasteiger partial charge on any atom is -0.382 e. The minimum absolute atomic E-state index is 0.529. The van der Waals surface area contributed by atoms with Crippen molar-refractivity contribution in [1.82, 2.24) is 19.3 Å². The third-order valence-corrected chi connectivity index (χ3v) is 4.39. The number of thiazole rings is 1. The van der Waals surface area contributed by atoms with Gasteiger partial charge in [0.2, 0.25) is 0 Å². The van der Waals surface area contributed by atoms with Crippen LogP contribution in [0, 0.1) is 6.92 Å². The van der Waals surface area contributed by atoms with Crippen molar-refractivity contribution in [1.29, 1.82) is 0 Å². The maximum atomic E-state index is 5.95. The molecule has 3 aromatic rings. The van der Waals surface area contributed by atoms with E-state index in [0.29, 0.717) is 5.82 Å². The van der Waals surface area contributed by atoms with Crippen molar-refractivity contribution in [3.05, 3.63) is 28.6 Å². The summed E-state index contributed by atoms with van der Waals surface area (Å²) < 4.78 is 4.22. The number of H-pyrrole nitrogens is 1. The number of nitrogens with zero attached hydrogens (tertiary/aromatic N) is 3. The number of rotatable bonds is 5. The highest BCUT2D eigenvalue weighted by atomic mass is 32.1. The summed E-state index contributed by atoms with van der Waals surface area (Å²) in [5.74, 6) is 1.49. The van der Waals surface area contributed by atoms with E-state index in [-0.39, 0.29) is 0 Å². The Morgan fingerprint density at radius 1 is 1.45 bits per heavy atom. The minimum atomic E-state index is 0.529. The van der Waals surface area contributed by atoms with Gasteiger partial charge in [0.1, 0.15) is 16.6 Å². The molecule has 0 aromatic carbocycles. The Balaban J connectivity index is 1.74. The summed E-state index contributed by atoms with van der Waals surface area (Å²) >= 11 is 2.97. The Hall–Kier alpha value is -1.93. The van der Waals surface area contributed by atoms with E-state index in [1.54, 1.807) is 17.5 Å². The summed E-state index contributed by atoms with van der Waals surface area (Å²) in [7, 11) is 0. The van der Waals surface area contributed by atoms with Crippen LogP contribution in [-0.4, -0.2) is 25.9 Å². The summed E-state index contributed by atoms with van der Waals surface area (Å²) in [5, 5.41) is 7.35. The highest BCUT2D eigenvalue weighted by molar-refractivity contribution is 7.11. The molecule has 104 valence electrons. The van der Waals surface area contributed by atoms with Crippen molar-refractivity contribution in [3.63, 3.8) is 0 Å². The van der Waals surface area contributed by atoms with Gasteiger partial charge < -0.3 is 16.0 Å². The van der Waals surface area contributed by atoms with E-state index < -0.39 is 0 Å². The molecule has 0 amide bonds. The zero-order valence-electron chi connectivity index (χ0n) is 10.9. The van der Waals surface area contributed by atoms with Gasteiger partial charge in [-0.1, -0.05) is 0 Å². The van der Waals surface area contributed by atoms with Crippen LogP contribution in [0.3, 0.4) is 0 Å². The molecule has 3 rings (SSSR count). The standard InChI is InChI=1S/C12H14N6S2/c1-7-17-8(6-19-7)10-11(13)18-20-12(10)16-3-2-9-14-4-5-15-9/h4-6,16H,2-3H2,1H3,(H2,13,18)(H,14,15). The lowest BCUT2D eigenvalue weighted by molar-refractivity contribution is 0.930. The lowest BCUT2D eigenvalue weighted by atomic mass is 10.2. The smallest absolute Gasteiger partial charge is 0.148 e. The first-order valence-electron chi connectivity index (χ1n) is 6.14. The Morgan fingerprint density at radius 2 is 2.35 bits per heavy atom. The van der Waals surface area contributed by atoms with Crippen molar-refractivity contribution in [2.24, 2.45) is 0 Å². The van der Waals surface area contributed by atoms with Crippen molar-refractivity contribution in [2.45, 2.75) is 13.3 Å². The summed E-state index contributed by atoms with van der Waals surface area (Å²) in [6.07, 6.45) is 4.40. The molecule has 0 atom stereocenters. The summed E-state index contributed by atoms with van der Waals surface area (Å²) in [6.45, 7) is 2.75. The normalized spacial score (nSPS) is 10.8. The number of aromatic amines is 1. The van der Waals surface area contributed by atoms with E-state index in [1.165, 1.54) is 11.5 Å². The van der Waals surface area contributed by atoms with Crippen LogP contribution >= 0.6 is 22.9 Å². The average Bonchev–Trinajstić information content (AvgIpc) is 3.12. The quantitative estimate of drug-likeness (QED) is 0.673. The fraction of sp³-hybridized carbons (Fsp3) is 0.250. The Kier molecular flexibility index (Phi) is 3.66. The SMILES string of the molecule is Cc1nc(-c2c(N)nsc2NCCc2ncc[nH]2)cs1. The van der Waals surface area contributed by atoms with Crippen LogP contribution in [0.15, 0.2) is 17.8 Å². The lowest BCUT2D eigenvalue weighted by Crippen LogP contribution is -2.05. The van der Waals surface area contributed by atoms with Crippen molar-refractivity contribution < 1.29 is 0 Å². The molecule has 0 aliphatic heterocycles. The number of nitrogens with one attached hydrogen (secondary N) is 2. The van der Waals surface area contributed by atoms with Crippen LogP contribution in [0.2, 0.25) is 0 Å². The van der Waals surface area contributed by atoms with Gasteiger partial charge in [0.25, 0.3) is 0 Å². The summed E-state index contributed by atoms with van der Waals surface area (Å²) in [4.78, 5) is 11.8. The number of hydrogen-bond acceptors (Lipinski definition) is 7. The van der Waals surface area contributed by atoms with Gasteiger partial charge in [-0.2, -0.15) is 4.37 Å². The second-order valence-corrected chi connectivity index (χ2v) is 6.07. The molecule has 20 heavy (non-hydrogen) atoms. The average molecular weight is 306 g/mol. The van der Waals surface area contributed by atoms with Crippen molar-refractivity contribution >= 4 is 33.7 Å². The number of hydrogen-bond donors (Lipinski definition) is 3. The highest BCUT2D eigenvalue weighted by Crippen LogP contribution is 2.36. The number of nitrogen functional groups attached to an aromatic ring is 1. The van der Waals surface area contributed by atoms with E-state index >= 15 is 0 Å². The molecule has 3 aromatic heterocycles. The van der Waals surface area contributed by atoms with Crippen molar-refractivity contribution in [2.75, 3.05) is 17.6 Å². The molecule has 0 saturated carbocycles. The first kappa shape index (κ1) is 13.1. The fourth-order valence-corrected chi connectivity index (χ4v) is 3.23. The molecule has 0 fully saturated rings. The molecule has 0 spiro atoms. The fourth-order valence-electron chi connectivity index (χ4n) is 1.88. The number of aryl methyl sites for hydroxylation is 1. The summed E-state index contributed by atoms with van der Waals surface area (Å²) in [6, 6.07) is 0. The molecule has 0 unspecified atom stereocenters. The molecule has 0 aliphatic carbocycles. The number of anilines is 2. The van der Waals surface area contributed by atoms with Crippen LogP contribution < -0.4 is 11.1 Å². The second kappa shape index (κ2) is 5.59. The maximum absolute atomic E-state index is 5.95. The van der Waals surface area contributed by atoms with Gasteiger partial charge in [0.05, 0.1) is 16.3 Å². The topological polar surface area (TPSA) is 92.5 Å². The second-order valence-electron chi connectivity index (χ2n) is 4.24. The van der Waals surface area contributed by atoms with Crippen LogP contribution in [-0.2, 0) is 6.42 Å². The predicted molar refractivity (Wildman–Crippen MR) is 83.2 cm³/mol. The molecule has 0 bridgehead atoms. The van der Waals surface area contributed by atoms with Crippen LogP contribution in [0.5, 0.6) is 0 Å². The van der Waals surface area contributed by atoms with Gasteiger partial charge in [-0.15, -0.1) is 11.3 Å². The number of nitrogens with two attached hydrogens (primary N) is 1. The van der Waals surface area contributed by atoms with Gasteiger partial charge in [0, 0.05) is 30.7 Å². The Morgan fingerprint density at radius 3 is 3.05 bits per heavy atom. The Labute approximate surface area is 124 Å². The molecular formula is C12H14N6S2. The van der Waals surface area contributed by atoms with Gasteiger partial charge in [0.15, 0.2) is 0 Å². The van der Waals surface area contributed by atoms with Crippen LogP contribution in [0.4, 0.5) is 10.8 Å². The Bertz CT molecular complexity index is 685. The van der Waals surface area contributed by atoms with E-state index in [0.717, 1.165) is 40.1 Å². The largest absolute Gasteiger partial charge is 0.382 e. The maximum Gasteiger partial charge on any atom is 0.148 e. The number of aromatic nitrogens is 4. The van der Waals surface area contributed by atoms with Gasteiger partial charge in [-0.25, -0.2) is 9.97 Å². The predicted octanol–water partition coefficient (Wildman–Crippen LogP) is 2.53. The third-order valence-electron chi connectivity index (χ3n) is 2.80. The van der Waals surface area contributed by atoms with Gasteiger partial charge in [-0.05, 0) is 18.5 Å². The zero-order chi connectivity index (χ0) is 13.9. The molecule has 8 heteroatoms. The van der Waals surface area contributed by atoms with E-state index in [4.69, 9.17) is 5.73 Å². The monoisotopic (exact) mass is 306 g/mol. The van der Waals surface area contributed by atoms with Gasteiger partial charge >= 0.3 is 0 Å². The molecule has 0 saturated heterocycles. The van der Waals surface area contributed by atoms with Crippen molar-refractivity contribution in [3.8, 4) is 11.3 Å². The molecule has 0 aliphatic rings. The van der Waals surface area contributed by atoms with E-state index in [9.17, 15) is 0 Å². The summed E-state index contributed by atoms with van der Waals surface area (Å²) in [5.41, 5.74) is 7.74. The van der Waals surface area contributed by atoms with E-state index in [1.807, 2.05) is 18.5 Å². The first-order valence-corrected chi connectivity index (χ1v) is 7.79. The lowest BCUT2D eigenvalue weighted by Gasteiger charge is -2.04. The van der Waals surface area contributed by atoms with Gasteiger partial charge in [-0.3, -0.25) is 0 Å². The highest BCUT2D eigenvalue weighted by Gasteiger charge is 2.15. The molecule has 4 N–H and O–H groups in total. The first-order chi connectivity index (χ1) is 9.74. The van der Waals surface area contributed by atoms with Crippen LogP contribution in [0.1, 0.15) is 10.8 Å². The molecular weight excluding hydrogens is 292 g/mol. The van der Waals surface area contributed by atoms with E-state index in [2.05, 4.69) is 24.6 Å². The van der Waals surface area contributed by atoms with Crippen LogP contribution in [0.25, 0.3) is 11.3 Å². The molecule has 0 radical (unpaired) electrons. The molecule has 3 heterocycles.